The van der Waals surface area contributed by atoms with Gasteiger partial charge in [0.2, 0.25) is 5.91 Å². The SMILES string of the molecule is CSc1ccc([N+](=O)[O-])c(C(=O)NC(C)c2ccc(NC(=O)C3CC3)cc2)c1. The lowest BCUT2D eigenvalue weighted by molar-refractivity contribution is -0.385. The number of nitro benzene ring substituents is 1. The number of hydrogen-bond donors (Lipinski definition) is 2. The summed E-state index contributed by atoms with van der Waals surface area (Å²) in [7, 11) is 0. The topological polar surface area (TPSA) is 101 Å². The molecule has 1 saturated carbocycles. The maximum atomic E-state index is 12.6. The van der Waals surface area contributed by atoms with Gasteiger partial charge in [-0.05, 0) is 55.9 Å². The molecule has 0 spiro atoms. The first-order chi connectivity index (χ1) is 13.4. The van der Waals surface area contributed by atoms with Crippen LogP contribution in [0.1, 0.15) is 41.7 Å². The van der Waals surface area contributed by atoms with Crippen LogP contribution >= 0.6 is 11.8 Å². The van der Waals surface area contributed by atoms with Gasteiger partial charge in [0.15, 0.2) is 0 Å². The molecule has 0 aromatic heterocycles. The zero-order chi connectivity index (χ0) is 20.3. The number of benzene rings is 2. The van der Waals surface area contributed by atoms with Gasteiger partial charge in [-0.2, -0.15) is 0 Å². The Morgan fingerprint density at radius 3 is 2.43 bits per heavy atom. The van der Waals surface area contributed by atoms with Crippen molar-refractivity contribution in [3.8, 4) is 0 Å². The molecule has 0 bridgehead atoms. The molecule has 1 aliphatic rings. The van der Waals surface area contributed by atoms with Crippen LogP contribution in [0.3, 0.4) is 0 Å². The number of nitro groups is 1. The van der Waals surface area contributed by atoms with Crippen LogP contribution in [0.4, 0.5) is 11.4 Å². The monoisotopic (exact) mass is 399 g/mol. The van der Waals surface area contributed by atoms with E-state index in [1.54, 1.807) is 25.1 Å². The molecule has 0 aliphatic heterocycles. The number of anilines is 1. The summed E-state index contributed by atoms with van der Waals surface area (Å²) >= 11 is 1.41. The van der Waals surface area contributed by atoms with Crippen molar-refractivity contribution in [3.63, 3.8) is 0 Å². The van der Waals surface area contributed by atoms with Gasteiger partial charge < -0.3 is 10.6 Å². The number of carbonyl (C=O) groups is 2. The van der Waals surface area contributed by atoms with Crippen molar-refractivity contribution in [2.24, 2.45) is 5.92 Å². The van der Waals surface area contributed by atoms with Crippen molar-refractivity contribution in [3.05, 3.63) is 63.7 Å². The van der Waals surface area contributed by atoms with E-state index < -0.39 is 10.8 Å². The standard InChI is InChI=1S/C20H21N3O4S/c1-12(13-5-7-15(8-6-13)22-19(24)14-3-4-14)21-20(25)17-11-16(28-2)9-10-18(17)23(26)27/h5-12,14H,3-4H2,1-2H3,(H,21,25)(H,22,24). The van der Waals surface area contributed by atoms with Gasteiger partial charge in [-0.3, -0.25) is 19.7 Å². The summed E-state index contributed by atoms with van der Waals surface area (Å²) in [6.45, 7) is 1.81. The van der Waals surface area contributed by atoms with E-state index in [-0.39, 0.29) is 29.1 Å². The van der Waals surface area contributed by atoms with Crippen molar-refractivity contribution in [1.29, 1.82) is 0 Å². The van der Waals surface area contributed by atoms with Gasteiger partial charge in [0.05, 0.1) is 11.0 Å². The first-order valence-electron chi connectivity index (χ1n) is 8.93. The number of nitrogens with one attached hydrogen (secondary N) is 2. The zero-order valence-electron chi connectivity index (χ0n) is 15.6. The van der Waals surface area contributed by atoms with E-state index in [1.807, 2.05) is 18.4 Å². The van der Waals surface area contributed by atoms with E-state index in [4.69, 9.17) is 0 Å². The lowest BCUT2D eigenvalue weighted by atomic mass is 10.1. The molecule has 2 aromatic carbocycles. The Morgan fingerprint density at radius 2 is 1.86 bits per heavy atom. The minimum atomic E-state index is -0.555. The van der Waals surface area contributed by atoms with Gasteiger partial charge in [-0.25, -0.2) is 0 Å². The van der Waals surface area contributed by atoms with Crippen LogP contribution in [-0.4, -0.2) is 23.0 Å². The number of thioether (sulfide) groups is 1. The fourth-order valence-electron chi connectivity index (χ4n) is 2.79. The Morgan fingerprint density at radius 1 is 1.18 bits per heavy atom. The van der Waals surface area contributed by atoms with E-state index in [0.717, 1.165) is 23.3 Å². The molecular weight excluding hydrogens is 378 g/mol. The Kier molecular flexibility index (Phi) is 5.99. The van der Waals surface area contributed by atoms with Crippen molar-refractivity contribution in [2.45, 2.75) is 30.7 Å². The van der Waals surface area contributed by atoms with Crippen LogP contribution in [0, 0.1) is 16.0 Å². The van der Waals surface area contributed by atoms with Crippen LogP contribution in [0.5, 0.6) is 0 Å². The van der Waals surface area contributed by atoms with Crippen LogP contribution in [0.25, 0.3) is 0 Å². The number of amides is 2. The Bertz CT molecular complexity index is 910. The zero-order valence-corrected chi connectivity index (χ0v) is 16.4. The maximum absolute atomic E-state index is 12.6. The van der Waals surface area contributed by atoms with E-state index in [1.165, 1.54) is 23.9 Å². The third-order valence-corrected chi connectivity index (χ3v) is 5.34. The molecule has 28 heavy (non-hydrogen) atoms. The highest BCUT2D eigenvalue weighted by Gasteiger charge is 2.29. The van der Waals surface area contributed by atoms with Crippen molar-refractivity contribution in [1.82, 2.24) is 5.32 Å². The highest BCUT2D eigenvalue weighted by atomic mass is 32.2. The molecule has 2 aromatic rings. The number of rotatable bonds is 7. The fraction of sp³-hybridized carbons (Fsp3) is 0.300. The highest BCUT2D eigenvalue weighted by molar-refractivity contribution is 7.98. The van der Waals surface area contributed by atoms with E-state index in [9.17, 15) is 19.7 Å². The predicted molar refractivity (Wildman–Crippen MR) is 109 cm³/mol. The van der Waals surface area contributed by atoms with Crippen molar-refractivity contribution < 1.29 is 14.5 Å². The van der Waals surface area contributed by atoms with Gasteiger partial charge in [-0.15, -0.1) is 11.8 Å². The summed E-state index contributed by atoms with van der Waals surface area (Å²) < 4.78 is 0. The molecule has 7 nitrogen and oxygen atoms in total. The Labute approximate surface area is 167 Å². The molecule has 2 N–H and O–H groups in total. The minimum absolute atomic E-state index is 0.0371. The summed E-state index contributed by atoms with van der Waals surface area (Å²) in [5, 5.41) is 16.9. The van der Waals surface area contributed by atoms with Gasteiger partial charge >= 0.3 is 0 Å². The first-order valence-corrected chi connectivity index (χ1v) is 10.2. The maximum Gasteiger partial charge on any atom is 0.282 e. The fourth-order valence-corrected chi connectivity index (χ4v) is 3.23. The number of carbonyl (C=O) groups excluding carboxylic acids is 2. The van der Waals surface area contributed by atoms with Gasteiger partial charge in [0.1, 0.15) is 5.56 Å². The molecule has 1 aliphatic carbocycles. The minimum Gasteiger partial charge on any atom is -0.345 e. The van der Waals surface area contributed by atoms with Gasteiger partial charge in [-0.1, -0.05) is 12.1 Å². The second-order valence-electron chi connectivity index (χ2n) is 6.72. The largest absolute Gasteiger partial charge is 0.345 e. The molecule has 0 saturated heterocycles. The summed E-state index contributed by atoms with van der Waals surface area (Å²) in [5.41, 5.74) is 1.36. The molecule has 1 atom stereocenters. The summed E-state index contributed by atoms with van der Waals surface area (Å²) in [5.74, 6) is -0.331. The summed E-state index contributed by atoms with van der Waals surface area (Å²) in [4.78, 5) is 35.9. The highest BCUT2D eigenvalue weighted by Crippen LogP contribution is 2.30. The lowest BCUT2D eigenvalue weighted by Crippen LogP contribution is -2.27. The molecule has 1 unspecified atom stereocenters. The Hall–Kier alpha value is -2.87. The first kappa shape index (κ1) is 19.9. The predicted octanol–water partition coefficient (Wildman–Crippen LogP) is 4.16. The van der Waals surface area contributed by atoms with Crippen molar-refractivity contribution >= 4 is 35.0 Å². The van der Waals surface area contributed by atoms with Gasteiger partial charge in [0, 0.05) is 22.6 Å². The number of hydrogen-bond acceptors (Lipinski definition) is 5. The van der Waals surface area contributed by atoms with Crippen LogP contribution in [0.15, 0.2) is 47.4 Å². The Balaban J connectivity index is 1.70. The van der Waals surface area contributed by atoms with E-state index >= 15 is 0 Å². The molecule has 1 fully saturated rings. The normalized spacial score (nSPS) is 14.2. The average Bonchev–Trinajstić information content (AvgIpc) is 3.53. The van der Waals surface area contributed by atoms with Crippen molar-refractivity contribution in [2.75, 3.05) is 11.6 Å². The lowest BCUT2D eigenvalue weighted by Gasteiger charge is -2.15. The molecule has 2 amide bonds. The van der Waals surface area contributed by atoms with Crippen LogP contribution < -0.4 is 10.6 Å². The molecular formula is C20H21N3O4S. The molecule has 146 valence electrons. The quantitative estimate of drug-likeness (QED) is 0.414. The molecule has 0 heterocycles. The van der Waals surface area contributed by atoms with E-state index in [0.29, 0.717) is 5.69 Å². The summed E-state index contributed by atoms with van der Waals surface area (Å²) in [6, 6.07) is 11.4. The third kappa shape index (κ3) is 4.69. The molecule has 3 rings (SSSR count). The van der Waals surface area contributed by atoms with Crippen LogP contribution in [-0.2, 0) is 4.79 Å². The second kappa shape index (κ2) is 8.43. The van der Waals surface area contributed by atoms with Crippen LogP contribution in [0.2, 0.25) is 0 Å². The van der Waals surface area contributed by atoms with Gasteiger partial charge in [0.25, 0.3) is 11.6 Å². The molecule has 0 radical (unpaired) electrons. The third-order valence-electron chi connectivity index (χ3n) is 4.62. The average molecular weight is 399 g/mol. The summed E-state index contributed by atoms with van der Waals surface area (Å²) in [6.07, 6.45) is 3.72. The van der Waals surface area contributed by atoms with E-state index in [2.05, 4.69) is 10.6 Å². The number of nitrogens with zero attached hydrogens (tertiary/aromatic N) is 1. The smallest absolute Gasteiger partial charge is 0.282 e. The second-order valence-corrected chi connectivity index (χ2v) is 7.60. The molecule has 8 heteroatoms.